The lowest BCUT2D eigenvalue weighted by atomic mass is 10.0. The normalized spacial score (nSPS) is 14.3. The summed E-state index contributed by atoms with van der Waals surface area (Å²) in [5, 5.41) is 3.82. The van der Waals surface area contributed by atoms with Gasteiger partial charge in [0.2, 0.25) is 15.9 Å². The summed E-state index contributed by atoms with van der Waals surface area (Å²) in [6, 6.07) is 10.9. The van der Waals surface area contributed by atoms with Gasteiger partial charge in [-0.2, -0.15) is 0 Å². The highest BCUT2D eigenvalue weighted by molar-refractivity contribution is 7.92. The summed E-state index contributed by atoms with van der Waals surface area (Å²) in [5.74, 6) is 0.629. The van der Waals surface area contributed by atoms with E-state index >= 15 is 0 Å². The Morgan fingerprint density at radius 1 is 1.22 bits per heavy atom. The number of aromatic nitrogens is 2. The van der Waals surface area contributed by atoms with Crippen molar-refractivity contribution in [2.24, 2.45) is 5.92 Å². The topological polar surface area (TPSA) is 104 Å². The zero-order valence-electron chi connectivity index (χ0n) is 14.8. The van der Waals surface area contributed by atoms with Gasteiger partial charge in [-0.3, -0.25) is 9.52 Å². The molecule has 1 aliphatic carbocycles. The summed E-state index contributed by atoms with van der Waals surface area (Å²) in [7, 11) is -3.31. The highest BCUT2D eigenvalue weighted by atomic mass is 32.2. The molecule has 0 radical (unpaired) electrons. The number of amides is 1. The number of fused-ring (bicyclic) bond motifs is 1. The number of nitrogens with one attached hydrogen (secondary N) is 3. The molecule has 0 saturated heterocycles. The standard InChI is InChI=1S/C19H20N4O3S/c1-2-27(25,26)23-14-7-5-12(6-8-14)16-11-17(22-19(24)13-3-4-13)21-18-15(16)9-10-20-18/h5-11,13,23H,2-4H2,1H3,(H2,20,21,22,24). The van der Waals surface area contributed by atoms with E-state index < -0.39 is 10.0 Å². The summed E-state index contributed by atoms with van der Waals surface area (Å²) >= 11 is 0. The largest absolute Gasteiger partial charge is 0.346 e. The monoisotopic (exact) mass is 384 g/mol. The fourth-order valence-electron chi connectivity index (χ4n) is 2.88. The fraction of sp³-hybridized carbons (Fsp3) is 0.263. The van der Waals surface area contributed by atoms with Crippen molar-refractivity contribution >= 4 is 38.5 Å². The number of nitrogens with zero attached hydrogens (tertiary/aromatic N) is 1. The third kappa shape index (κ3) is 3.80. The van der Waals surface area contributed by atoms with E-state index in [4.69, 9.17) is 0 Å². The van der Waals surface area contributed by atoms with Gasteiger partial charge < -0.3 is 10.3 Å². The van der Waals surface area contributed by atoms with Crippen LogP contribution in [-0.4, -0.2) is 30.0 Å². The van der Waals surface area contributed by atoms with Crippen LogP contribution in [0.5, 0.6) is 0 Å². The van der Waals surface area contributed by atoms with E-state index in [1.165, 1.54) is 0 Å². The summed E-state index contributed by atoms with van der Waals surface area (Å²) in [5.41, 5.74) is 3.03. The van der Waals surface area contributed by atoms with Gasteiger partial charge in [-0.05, 0) is 55.2 Å². The van der Waals surface area contributed by atoms with Gasteiger partial charge in [-0.15, -0.1) is 0 Å². The van der Waals surface area contributed by atoms with Crippen LogP contribution in [0.1, 0.15) is 19.8 Å². The minimum absolute atomic E-state index is 0.00340. The van der Waals surface area contributed by atoms with E-state index in [2.05, 4.69) is 20.0 Å². The minimum Gasteiger partial charge on any atom is -0.346 e. The smallest absolute Gasteiger partial charge is 0.232 e. The Balaban J connectivity index is 1.67. The lowest BCUT2D eigenvalue weighted by Gasteiger charge is -2.10. The van der Waals surface area contributed by atoms with E-state index in [9.17, 15) is 13.2 Å². The summed E-state index contributed by atoms with van der Waals surface area (Å²) < 4.78 is 25.9. The van der Waals surface area contributed by atoms with Crippen LogP contribution in [0.15, 0.2) is 42.6 Å². The first-order chi connectivity index (χ1) is 12.9. The van der Waals surface area contributed by atoms with Gasteiger partial charge in [0.1, 0.15) is 11.5 Å². The van der Waals surface area contributed by atoms with Gasteiger partial charge >= 0.3 is 0 Å². The SMILES string of the molecule is CCS(=O)(=O)Nc1ccc(-c2cc(NC(=O)C3CC3)nc3[nH]ccc23)cc1. The number of aromatic amines is 1. The second-order valence-electron chi connectivity index (χ2n) is 6.64. The number of carbonyl (C=O) groups is 1. The Morgan fingerprint density at radius 3 is 2.63 bits per heavy atom. The molecule has 0 bridgehead atoms. The van der Waals surface area contributed by atoms with Crippen molar-refractivity contribution in [2.45, 2.75) is 19.8 Å². The predicted molar refractivity (Wildman–Crippen MR) is 106 cm³/mol. The predicted octanol–water partition coefficient (Wildman–Crippen LogP) is 3.34. The van der Waals surface area contributed by atoms with Crippen LogP contribution in [-0.2, 0) is 14.8 Å². The summed E-state index contributed by atoms with van der Waals surface area (Å²) in [6.07, 6.45) is 3.66. The molecule has 7 nitrogen and oxygen atoms in total. The molecular formula is C19H20N4O3S. The third-order valence-corrected chi connectivity index (χ3v) is 5.88. The van der Waals surface area contributed by atoms with Crippen LogP contribution >= 0.6 is 0 Å². The molecule has 4 rings (SSSR count). The van der Waals surface area contributed by atoms with Crippen molar-refractivity contribution in [1.82, 2.24) is 9.97 Å². The number of rotatable bonds is 6. The first-order valence-electron chi connectivity index (χ1n) is 8.85. The number of hydrogen-bond donors (Lipinski definition) is 3. The molecule has 0 unspecified atom stereocenters. The average Bonchev–Trinajstić information content (AvgIpc) is 3.40. The molecule has 2 aromatic heterocycles. The van der Waals surface area contributed by atoms with E-state index in [1.807, 2.05) is 24.3 Å². The molecule has 8 heteroatoms. The molecule has 1 aliphatic rings. The zero-order valence-corrected chi connectivity index (χ0v) is 15.6. The third-order valence-electron chi connectivity index (χ3n) is 4.58. The van der Waals surface area contributed by atoms with Crippen LogP contribution in [0.4, 0.5) is 11.5 Å². The molecule has 3 aromatic rings. The van der Waals surface area contributed by atoms with Gasteiger partial charge in [0.15, 0.2) is 0 Å². The molecule has 0 aliphatic heterocycles. The van der Waals surface area contributed by atoms with Gasteiger partial charge in [-0.1, -0.05) is 12.1 Å². The van der Waals surface area contributed by atoms with E-state index in [0.29, 0.717) is 17.2 Å². The number of anilines is 2. The Hall–Kier alpha value is -2.87. The van der Waals surface area contributed by atoms with E-state index in [0.717, 1.165) is 29.4 Å². The van der Waals surface area contributed by atoms with Crippen molar-refractivity contribution in [2.75, 3.05) is 15.8 Å². The van der Waals surface area contributed by atoms with Crippen molar-refractivity contribution in [3.63, 3.8) is 0 Å². The van der Waals surface area contributed by atoms with Gasteiger partial charge in [0, 0.05) is 23.2 Å². The second kappa shape index (κ2) is 6.70. The number of H-pyrrole nitrogens is 1. The van der Waals surface area contributed by atoms with E-state index in [-0.39, 0.29) is 17.6 Å². The molecule has 0 spiro atoms. The average molecular weight is 384 g/mol. The van der Waals surface area contributed by atoms with Gasteiger partial charge in [0.25, 0.3) is 0 Å². The Bertz CT molecular complexity index is 1100. The van der Waals surface area contributed by atoms with Crippen molar-refractivity contribution in [3.05, 3.63) is 42.6 Å². The van der Waals surface area contributed by atoms with Crippen molar-refractivity contribution in [3.8, 4) is 11.1 Å². The molecular weight excluding hydrogens is 364 g/mol. The molecule has 140 valence electrons. The Morgan fingerprint density at radius 2 is 1.96 bits per heavy atom. The first kappa shape index (κ1) is 17.5. The minimum atomic E-state index is -3.31. The number of hydrogen-bond acceptors (Lipinski definition) is 4. The molecule has 1 amide bonds. The van der Waals surface area contributed by atoms with Crippen LogP contribution < -0.4 is 10.0 Å². The lowest BCUT2D eigenvalue weighted by molar-refractivity contribution is -0.117. The summed E-state index contributed by atoms with van der Waals surface area (Å²) in [6.45, 7) is 1.59. The number of carbonyl (C=O) groups excluding carboxylic acids is 1. The second-order valence-corrected chi connectivity index (χ2v) is 8.65. The maximum absolute atomic E-state index is 12.1. The number of sulfonamides is 1. The van der Waals surface area contributed by atoms with Crippen LogP contribution in [0.2, 0.25) is 0 Å². The molecule has 1 saturated carbocycles. The van der Waals surface area contributed by atoms with Gasteiger partial charge in [-0.25, -0.2) is 13.4 Å². The number of benzene rings is 1. The number of pyridine rings is 1. The Kier molecular flexibility index (Phi) is 4.35. The van der Waals surface area contributed by atoms with Crippen molar-refractivity contribution in [1.29, 1.82) is 0 Å². The highest BCUT2D eigenvalue weighted by Gasteiger charge is 2.30. The molecule has 0 atom stereocenters. The molecule has 27 heavy (non-hydrogen) atoms. The summed E-state index contributed by atoms with van der Waals surface area (Å²) in [4.78, 5) is 19.6. The van der Waals surface area contributed by atoms with Gasteiger partial charge in [0.05, 0.1) is 5.75 Å². The molecule has 3 N–H and O–H groups in total. The van der Waals surface area contributed by atoms with Crippen LogP contribution in [0.25, 0.3) is 22.2 Å². The van der Waals surface area contributed by atoms with E-state index in [1.54, 1.807) is 25.3 Å². The first-order valence-corrected chi connectivity index (χ1v) is 10.5. The zero-order chi connectivity index (χ0) is 19.0. The lowest BCUT2D eigenvalue weighted by Crippen LogP contribution is -2.14. The highest BCUT2D eigenvalue weighted by Crippen LogP contribution is 2.33. The van der Waals surface area contributed by atoms with Crippen LogP contribution in [0.3, 0.4) is 0 Å². The Labute approximate surface area is 157 Å². The maximum atomic E-state index is 12.1. The molecule has 1 aromatic carbocycles. The molecule has 1 fully saturated rings. The fourth-order valence-corrected chi connectivity index (χ4v) is 3.52. The van der Waals surface area contributed by atoms with Crippen LogP contribution in [0, 0.1) is 5.92 Å². The van der Waals surface area contributed by atoms with Crippen molar-refractivity contribution < 1.29 is 13.2 Å². The maximum Gasteiger partial charge on any atom is 0.232 e. The molecule has 2 heterocycles. The quantitative estimate of drug-likeness (QED) is 0.606.